The van der Waals surface area contributed by atoms with Crippen molar-refractivity contribution in [3.05, 3.63) is 59.7 Å². The van der Waals surface area contributed by atoms with Crippen molar-refractivity contribution in [2.75, 3.05) is 13.2 Å². The Labute approximate surface area is 200 Å². The third-order valence-electron chi connectivity index (χ3n) is 6.96. The molecule has 1 heterocycles. The van der Waals surface area contributed by atoms with Gasteiger partial charge in [-0.3, -0.25) is 4.79 Å². The molecule has 0 bridgehead atoms. The summed E-state index contributed by atoms with van der Waals surface area (Å²) < 4.78 is 5.64. The van der Waals surface area contributed by atoms with Crippen molar-refractivity contribution in [2.45, 2.75) is 52.1 Å². The highest BCUT2D eigenvalue weighted by Crippen LogP contribution is 2.44. The zero-order valence-corrected chi connectivity index (χ0v) is 20.1. The molecule has 3 unspecified atom stereocenters. The topological polar surface area (TPSA) is 95.9 Å². The van der Waals surface area contributed by atoms with Gasteiger partial charge in [0.25, 0.3) is 0 Å². The first-order valence-electron chi connectivity index (χ1n) is 11.7. The van der Waals surface area contributed by atoms with Crippen LogP contribution < -0.4 is 5.32 Å². The van der Waals surface area contributed by atoms with Gasteiger partial charge in [-0.1, -0.05) is 76.2 Å². The molecule has 2 amide bonds. The molecule has 2 N–H and O–H groups in total. The van der Waals surface area contributed by atoms with Crippen molar-refractivity contribution in [1.82, 2.24) is 10.2 Å². The maximum absolute atomic E-state index is 13.4. The average molecular weight is 465 g/mol. The molecule has 1 saturated heterocycles. The molecule has 7 nitrogen and oxygen atoms in total. The fourth-order valence-electron chi connectivity index (χ4n) is 5.14. The van der Waals surface area contributed by atoms with Gasteiger partial charge in [0.15, 0.2) is 0 Å². The van der Waals surface area contributed by atoms with E-state index in [0.717, 1.165) is 22.3 Å². The fraction of sp³-hybridized carbons (Fsp3) is 0.444. The van der Waals surface area contributed by atoms with Gasteiger partial charge in [-0.25, -0.2) is 9.59 Å². The number of ether oxygens (including phenoxy) is 1. The highest BCUT2D eigenvalue weighted by atomic mass is 16.5. The second-order valence-corrected chi connectivity index (χ2v) is 10.3. The monoisotopic (exact) mass is 464 g/mol. The minimum atomic E-state index is -1.02. The van der Waals surface area contributed by atoms with Crippen molar-refractivity contribution in [1.29, 1.82) is 0 Å². The molecule has 2 aliphatic rings. The number of nitrogens with zero attached hydrogens (tertiary/aromatic N) is 1. The summed E-state index contributed by atoms with van der Waals surface area (Å²) in [6.45, 7) is 7.86. The maximum Gasteiger partial charge on any atom is 0.407 e. The largest absolute Gasteiger partial charge is 0.480 e. The lowest BCUT2D eigenvalue weighted by molar-refractivity contribution is -0.151. The number of amides is 2. The van der Waals surface area contributed by atoms with E-state index in [4.69, 9.17) is 4.74 Å². The first-order chi connectivity index (χ1) is 16.1. The highest BCUT2D eigenvalue weighted by molar-refractivity contribution is 5.90. The van der Waals surface area contributed by atoms with Gasteiger partial charge in [-0.2, -0.15) is 0 Å². The predicted molar refractivity (Wildman–Crippen MR) is 128 cm³/mol. The first kappa shape index (κ1) is 23.8. The lowest BCUT2D eigenvalue weighted by Crippen LogP contribution is -2.57. The highest BCUT2D eigenvalue weighted by Gasteiger charge is 2.45. The molecule has 180 valence electrons. The van der Waals surface area contributed by atoms with Crippen LogP contribution in [-0.2, 0) is 14.3 Å². The van der Waals surface area contributed by atoms with E-state index in [1.807, 2.05) is 64.1 Å². The van der Waals surface area contributed by atoms with Gasteiger partial charge in [0.2, 0.25) is 5.91 Å². The number of nitrogens with one attached hydrogen (secondary N) is 1. The Morgan fingerprint density at radius 2 is 1.62 bits per heavy atom. The number of carboxylic acids is 1. The number of carboxylic acid groups (broad SMARTS) is 1. The number of benzene rings is 2. The molecule has 7 heteroatoms. The van der Waals surface area contributed by atoms with E-state index in [-0.39, 0.29) is 18.4 Å². The van der Waals surface area contributed by atoms with Gasteiger partial charge < -0.3 is 20.1 Å². The number of aliphatic carboxylic acids is 1. The third kappa shape index (κ3) is 4.39. The van der Waals surface area contributed by atoms with Crippen LogP contribution in [0.1, 0.15) is 51.2 Å². The standard InChI is InChI=1S/C27H32N2O5/c1-16-13-14-29(22(16)25(31)32)24(30)23(27(2,3)4)28-26(33)34-15-21-19-11-7-5-9-17(19)18-10-6-8-12-20(18)21/h5-12,16,21-23H,13-15H2,1-4H3,(H,28,33)(H,31,32). The predicted octanol–water partition coefficient (Wildman–Crippen LogP) is 4.26. The van der Waals surface area contributed by atoms with Crippen LogP contribution in [0.25, 0.3) is 11.1 Å². The summed E-state index contributed by atoms with van der Waals surface area (Å²) in [6.07, 6.45) is -0.0703. The zero-order chi connectivity index (χ0) is 24.6. The Bertz CT molecular complexity index is 1060. The number of carbonyl (C=O) groups is 3. The van der Waals surface area contributed by atoms with Gasteiger partial charge in [0.05, 0.1) is 0 Å². The Morgan fingerprint density at radius 1 is 1.06 bits per heavy atom. The van der Waals surface area contributed by atoms with Crippen molar-refractivity contribution >= 4 is 18.0 Å². The quantitative estimate of drug-likeness (QED) is 0.689. The Kier molecular flexibility index (Phi) is 6.39. The number of carbonyl (C=O) groups excluding carboxylic acids is 2. The van der Waals surface area contributed by atoms with Crippen LogP contribution in [0.15, 0.2) is 48.5 Å². The molecule has 1 fully saturated rings. The Morgan fingerprint density at radius 3 is 2.15 bits per heavy atom. The van der Waals surface area contributed by atoms with Crippen molar-refractivity contribution in [3.63, 3.8) is 0 Å². The number of fused-ring (bicyclic) bond motifs is 3. The van der Waals surface area contributed by atoms with Gasteiger partial charge in [0, 0.05) is 12.5 Å². The third-order valence-corrected chi connectivity index (χ3v) is 6.96. The molecule has 4 rings (SSSR count). The maximum atomic E-state index is 13.4. The van der Waals surface area contributed by atoms with Gasteiger partial charge in [-0.15, -0.1) is 0 Å². The normalized spacial score (nSPS) is 20.4. The van der Waals surface area contributed by atoms with E-state index in [1.165, 1.54) is 4.90 Å². The van der Waals surface area contributed by atoms with Crippen LogP contribution in [-0.4, -0.2) is 53.2 Å². The van der Waals surface area contributed by atoms with Crippen molar-refractivity contribution < 1.29 is 24.2 Å². The summed E-state index contributed by atoms with van der Waals surface area (Å²) in [5, 5.41) is 12.4. The Balaban J connectivity index is 1.48. The van der Waals surface area contributed by atoms with Crippen molar-refractivity contribution in [3.8, 4) is 11.1 Å². The summed E-state index contributed by atoms with van der Waals surface area (Å²) in [7, 11) is 0. The minimum Gasteiger partial charge on any atom is -0.480 e. The number of rotatable bonds is 5. The smallest absolute Gasteiger partial charge is 0.407 e. The van der Waals surface area contributed by atoms with E-state index in [1.54, 1.807) is 0 Å². The summed E-state index contributed by atoms with van der Waals surface area (Å²) in [5.74, 6) is -1.64. The molecule has 2 aromatic rings. The summed E-state index contributed by atoms with van der Waals surface area (Å²) >= 11 is 0. The zero-order valence-electron chi connectivity index (χ0n) is 20.1. The van der Waals surface area contributed by atoms with Gasteiger partial charge >= 0.3 is 12.1 Å². The number of likely N-dealkylation sites (tertiary alicyclic amines) is 1. The van der Waals surface area contributed by atoms with Crippen LogP contribution >= 0.6 is 0 Å². The molecular weight excluding hydrogens is 432 g/mol. The first-order valence-corrected chi connectivity index (χ1v) is 11.7. The average Bonchev–Trinajstić information content (AvgIpc) is 3.33. The lowest BCUT2D eigenvalue weighted by atomic mass is 9.85. The Hall–Kier alpha value is -3.35. The van der Waals surface area contributed by atoms with E-state index in [0.29, 0.717) is 13.0 Å². The van der Waals surface area contributed by atoms with Crippen LogP contribution in [0.4, 0.5) is 4.79 Å². The van der Waals surface area contributed by atoms with Crippen LogP contribution in [0.5, 0.6) is 0 Å². The SMILES string of the molecule is CC1CCN(C(=O)C(NC(=O)OCC2c3ccccc3-c3ccccc32)C(C)(C)C)C1C(=O)O. The molecule has 0 spiro atoms. The molecule has 0 saturated carbocycles. The van der Waals surface area contributed by atoms with Gasteiger partial charge in [-0.05, 0) is 40.0 Å². The number of hydrogen-bond acceptors (Lipinski definition) is 4. The summed E-state index contributed by atoms with van der Waals surface area (Å²) in [6, 6.07) is 14.4. The van der Waals surface area contributed by atoms with Crippen LogP contribution in [0.3, 0.4) is 0 Å². The van der Waals surface area contributed by atoms with Gasteiger partial charge in [0.1, 0.15) is 18.7 Å². The van der Waals surface area contributed by atoms with E-state index < -0.39 is 35.5 Å². The van der Waals surface area contributed by atoms with E-state index >= 15 is 0 Å². The van der Waals surface area contributed by atoms with Crippen LogP contribution in [0.2, 0.25) is 0 Å². The molecule has 34 heavy (non-hydrogen) atoms. The second kappa shape index (κ2) is 9.12. The fourth-order valence-corrected chi connectivity index (χ4v) is 5.14. The molecule has 1 aliphatic carbocycles. The molecule has 0 aromatic heterocycles. The number of hydrogen-bond donors (Lipinski definition) is 2. The van der Waals surface area contributed by atoms with E-state index in [9.17, 15) is 19.5 Å². The number of alkyl carbamates (subject to hydrolysis) is 1. The molecule has 1 aliphatic heterocycles. The summed E-state index contributed by atoms with van der Waals surface area (Å²) in [4.78, 5) is 39.4. The van der Waals surface area contributed by atoms with Crippen molar-refractivity contribution in [2.24, 2.45) is 11.3 Å². The second-order valence-electron chi connectivity index (χ2n) is 10.3. The minimum absolute atomic E-state index is 0.0854. The molecular formula is C27H32N2O5. The van der Waals surface area contributed by atoms with E-state index in [2.05, 4.69) is 17.4 Å². The molecule has 0 radical (unpaired) electrons. The summed E-state index contributed by atoms with van der Waals surface area (Å²) in [5.41, 5.74) is 3.86. The molecule has 2 aromatic carbocycles. The lowest BCUT2D eigenvalue weighted by Gasteiger charge is -2.35. The van der Waals surface area contributed by atoms with Crippen LogP contribution in [0, 0.1) is 11.3 Å². The molecule has 3 atom stereocenters.